The van der Waals surface area contributed by atoms with Crippen molar-refractivity contribution >= 4 is 41.2 Å². The number of rotatable bonds is 4. The smallest absolute Gasteiger partial charge is 0.193 e. The van der Waals surface area contributed by atoms with Gasteiger partial charge >= 0.3 is 0 Å². The molecule has 0 radical (unpaired) electrons. The average Bonchev–Trinajstić information content (AvgIpc) is 3.15. The first-order chi connectivity index (χ1) is 13.3. The molecular weight excluding hydrogens is 461 g/mol. The van der Waals surface area contributed by atoms with E-state index in [9.17, 15) is 0 Å². The number of nitrogens with zero attached hydrogens (tertiary/aromatic N) is 4. The largest absolute Gasteiger partial charge is 0.356 e. The molecule has 4 rings (SSSR count). The van der Waals surface area contributed by atoms with Gasteiger partial charge in [0.15, 0.2) is 5.96 Å². The molecule has 3 heterocycles. The highest BCUT2D eigenvalue weighted by molar-refractivity contribution is 14.0. The first-order valence-corrected chi connectivity index (χ1v) is 9.46. The second kappa shape index (κ2) is 9.73. The van der Waals surface area contributed by atoms with Gasteiger partial charge in [0.2, 0.25) is 0 Å². The van der Waals surface area contributed by atoms with Crippen molar-refractivity contribution in [3.63, 3.8) is 0 Å². The van der Waals surface area contributed by atoms with Crippen LogP contribution in [0.25, 0.3) is 11.2 Å². The van der Waals surface area contributed by atoms with Crippen molar-refractivity contribution in [2.75, 3.05) is 26.7 Å². The molecule has 0 fully saturated rings. The van der Waals surface area contributed by atoms with Crippen LogP contribution in [0.4, 0.5) is 0 Å². The van der Waals surface area contributed by atoms with Crippen molar-refractivity contribution < 1.29 is 0 Å². The highest BCUT2D eigenvalue weighted by atomic mass is 127. The average molecular weight is 487 g/mol. The quantitative estimate of drug-likeness (QED) is 0.346. The third-order valence-electron chi connectivity index (χ3n) is 4.94. The maximum absolute atomic E-state index is 4.65. The van der Waals surface area contributed by atoms with Crippen molar-refractivity contribution in [3.05, 3.63) is 78.3 Å². The van der Waals surface area contributed by atoms with Gasteiger partial charge < -0.3 is 14.6 Å². The molecule has 1 N–H and O–H groups in total. The van der Waals surface area contributed by atoms with E-state index in [1.54, 1.807) is 0 Å². The van der Waals surface area contributed by atoms with E-state index in [4.69, 9.17) is 0 Å². The Hall–Kier alpha value is -2.35. The highest BCUT2D eigenvalue weighted by Crippen LogP contribution is 2.21. The van der Waals surface area contributed by atoms with Crippen molar-refractivity contribution in [2.45, 2.75) is 12.8 Å². The lowest BCUT2D eigenvalue weighted by atomic mass is 10.00. The predicted molar refractivity (Wildman–Crippen MR) is 126 cm³/mol. The van der Waals surface area contributed by atoms with Crippen LogP contribution in [-0.4, -0.2) is 46.9 Å². The maximum Gasteiger partial charge on any atom is 0.193 e. The number of fused-ring (bicyclic) bond motifs is 1. The number of aliphatic imine (C=N–C) groups is 1. The van der Waals surface area contributed by atoms with E-state index in [1.807, 2.05) is 31.4 Å². The summed E-state index contributed by atoms with van der Waals surface area (Å²) in [4.78, 5) is 11.4. The van der Waals surface area contributed by atoms with Crippen LogP contribution in [0.1, 0.15) is 17.7 Å². The van der Waals surface area contributed by atoms with Crippen LogP contribution >= 0.6 is 24.0 Å². The van der Waals surface area contributed by atoms with Crippen LogP contribution in [0.5, 0.6) is 0 Å². The Balaban J connectivity index is 0.00000225. The second-order valence-electron chi connectivity index (χ2n) is 6.71. The molecule has 1 aromatic carbocycles. The molecule has 6 heteroatoms. The van der Waals surface area contributed by atoms with Crippen LogP contribution in [0.3, 0.4) is 0 Å². The number of aromatic nitrogens is 2. The number of halogens is 1. The summed E-state index contributed by atoms with van der Waals surface area (Å²) in [5.74, 6) is 0.960. The van der Waals surface area contributed by atoms with Gasteiger partial charge in [0.1, 0.15) is 5.65 Å². The zero-order valence-electron chi connectivity index (χ0n) is 16.1. The van der Waals surface area contributed by atoms with Gasteiger partial charge in [-0.25, -0.2) is 4.98 Å². The lowest BCUT2D eigenvalue weighted by Crippen LogP contribution is -2.44. The molecule has 1 aliphatic heterocycles. The van der Waals surface area contributed by atoms with Crippen LogP contribution in [0, 0.1) is 0 Å². The fourth-order valence-electron chi connectivity index (χ4n) is 3.52. The van der Waals surface area contributed by atoms with Crippen molar-refractivity contribution in [2.24, 2.45) is 4.99 Å². The topological polar surface area (TPSA) is 44.9 Å². The lowest BCUT2D eigenvalue weighted by Gasteiger charge is -2.29. The van der Waals surface area contributed by atoms with Crippen LogP contribution in [0.2, 0.25) is 0 Å². The van der Waals surface area contributed by atoms with E-state index in [0.717, 1.165) is 49.8 Å². The molecule has 28 heavy (non-hydrogen) atoms. The van der Waals surface area contributed by atoms with Gasteiger partial charge in [0.05, 0.1) is 5.69 Å². The second-order valence-corrected chi connectivity index (χ2v) is 6.71. The molecule has 0 bridgehead atoms. The molecule has 0 aliphatic carbocycles. The van der Waals surface area contributed by atoms with E-state index in [-0.39, 0.29) is 24.0 Å². The van der Waals surface area contributed by atoms with Gasteiger partial charge in [-0.15, -0.1) is 24.0 Å². The molecule has 0 saturated heterocycles. The van der Waals surface area contributed by atoms with Gasteiger partial charge in [0.25, 0.3) is 0 Å². The summed E-state index contributed by atoms with van der Waals surface area (Å²) in [6.07, 6.45) is 8.35. The van der Waals surface area contributed by atoms with Gasteiger partial charge in [-0.2, -0.15) is 0 Å². The van der Waals surface area contributed by atoms with Crippen molar-refractivity contribution in [1.82, 2.24) is 19.6 Å². The fraction of sp³-hybridized carbons (Fsp3) is 0.273. The molecule has 146 valence electrons. The maximum atomic E-state index is 4.65. The van der Waals surface area contributed by atoms with E-state index in [1.165, 1.54) is 11.1 Å². The molecule has 5 nitrogen and oxygen atoms in total. The van der Waals surface area contributed by atoms with E-state index < -0.39 is 0 Å². The van der Waals surface area contributed by atoms with Gasteiger partial charge in [-0.3, -0.25) is 4.99 Å². The number of pyridine rings is 1. The lowest BCUT2D eigenvalue weighted by molar-refractivity contribution is 0.440. The molecule has 0 spiro atoms. The predicted octanol–water partition coefficient (Wildman–Crippen LogP) is 3.86. The summed E-state index contributed by atoms with van der Waals surface area (Å²) in [7, 11) is 1.85. The Bertz CT molecular complexity index is 928. The summed E-state index contributed by atoms with van der Waals surface area (Å²) < 4.78 is 2.06. The molecule has 0 amide bonds. The van der Waals surface area contributed by atoms with Gasteiger partial charge in [-0.05, 0) is 29.7 Å². The fourth-order valence-corrected chi connectivity index (χ4v) is 3.52. The summed E-state index contributed by atoms with van der Waals surface area (Å²) >= 11 is 0. The molecule has 2 aromatic heterocycles. The Morgan fingerprint density at radius 3 is 2.68 bits per heavy atom. The molecule has 0 atom stereocenters. The van der Waals surface area contributed by atoms with Crippen molar-refractivity contribution in [1.29, 1.82) is 0 Å². The first kappa shape index (κ1) is 20.4. The number of hydrogen-bond donors (Lipinski definition) is 1. The first-order valence-electron chi connectivity index (χ1n) is 9.46. The zero-order chi connectivity index (χ0) is 18.5. The Morgan fingerprint density at radius 2 is 1.96 bits per heavy atom. The summed E-state index contributed by atoms with van der Waals surface area (Å²) in [6.45, 7) is 2.69. The highest BCUT2D eigenvalue weighted by Gasteiger charge is 2.16. The summed E-state index contributed by atoms with van der Waals surface area (Å²) in [5, 5.41) is 3.48. The van der Waals surface area contributed by atoms with Crippen molar-refractivity contribution in [3.8, 4) is 0 Å². The molecule has 3 aromatic rings. The Morgan fingerprint density at radius 1 is 1.14 bits per heavy atom. The SMILES string of the molecule is CN=C(NCCc1cn2ccccc2n1)N1CC=C(c2ccccc2)CC1.I. The molecule has 0 unspecified atom stereocenters. The number of hydrogen-bond acceptors (Lipinski definition) is 2. The number of nitrogens with one attached hydrogen (secondary N) is 1. The minimum absolute atomic E-state index is 0. The van der Waals surface area contributed by atoms with Crippen LogP contribution < -0.4 is 5.32 Å². The molecule has 0 saturated carbocycles. The minimum atomic E-state index is 0. The van der Waals surface area contributed by atoms with Crippen LogP contribution in [0.15, 0.2) is 72.0 Å². The number of imidazole rings is 1. The van der Waals surface area contributed by atoms with E-state index in [2.05, 4.69) is 67.2 Å². The third-order valence-corrected chi connectivity index (χ3v) is 4.94. The zero-order valence-corrected chi connectivity index (χ0v) is 18.4. The van der Waals surface area contributed by atoms with Gasteiger partial charge in [0, 0.05) is 45.5 Å². The van der Waals surface area contributed by atoms with E-state index >= 15 is 0 Å². The molecule has 1 aliphatic rings. The Kier molecular flexibility index (Phi) is 7.08. The third kappa shape index (κ3) is 4.73. The number of benzene rings is 1. The van der Waals surface area contributed by atoms with Gasteiger partial charge in [-0.1, -0.05) is 42.5 Å². The summed E-state index contributed by atoms with van der Waals surface area (Å²) in [6, 6.07) is 16.7. The molecular formula is C22H26IN5. The monoisotopic (exact) mass is 487 g/mol. The Labute approximate surface area is 183 Å². The summed E-state index contributed by atoms with van der Waals surface area (Å²) in [5.41, 5.74) is 4.83. The van der Waals surface area contributed by atoms with E-state index in [0.29, 0.717) is 0 Å². The minimum Gasteiger partial charge on any atom is -0.356 e. The standard InChI is InChI=1S/C22H25N5.HI/c1-23-22(24-13-10-20-17-27-14-6-5-9-21(27)25-20)26-15-11-19(12-16-26)18-7-3-2-4-8-18;/h2-9,11,14,17H,10,12-13,15-16H2,1H3,(H,23,24);1H. The van der Waals surface area contributed by atoms with Crippen LogP contribution in [-0.2, 0) is 6.42 Å². The number of guanidine groups is 1. The normalized spacial score (nSPS) is 14.5.